The molecule has 0 unspecified atom stereocenters. The second-order valence-corrected chi connectivity index (χ2v) is 12.3. The van der Waals surface area contributed by atoms with Crippen molar-refractivity contribution in [3.8, 4) is 11.5 Å². The number of anilines is 2. The Bertz CT molecular complexity index is 1530. The van der Waals surface area contributed by atoms with Crippen LogP contribution >= 0.6 is 0 Å². The molecule has 2 aromatic carbocycles. The van der Waals surface area contributed by atoms with Gasteiger partial charge in [0.05, 0.1) is 38.2 Å². The summed E-state index contributed by atoms with van der Waals surface area (Å²) in [5, 5.41) is 15.3. The van der Waals surface area contributed by atoms with Gasteiger partial charge in [0, 0.05) is 44.1 Å². The molecule has 0 fully saturated rings. The number of fused-ring (bicyclic) bond motifs is 1. The third-order valence-electron chi connectivity index (χ3n) is 7.06. The number of aryl methyl sites for hydroxylation is 1. The summed E-state index contributed by atoms with van der Waals surface area (Å²) in [6, 6.07) is 10.4. The fraction of sp³-hybridized carbons (Fsp3) is 0.393. The SMILES string of the molecule is COc1ccc(NC(=O)Nc2ccc3c(c2)C(=O)N([C@H](C)CO)C[C@@H](C)[C@H](CN(C)S(=O)(=O)c2cn(C)cn2)O3)cc1. The quantitative estimate of drug-likeness (QED) is 0.339. The highest BCUT2D eigenvalue weighted by Crippen LogP contribution is 2.31. The Kier molecular flexibility index (Phi) is 9.39. The first-order valence-corrected chi connectivity index (χ1v) is 14.8. The molecular weight excluding hydrogens is 564 g/mol. The van der Waals surface area contributed by atoms with E-state index in [0.29, 0.717) is 17.1 Å². The summed E-state index contributed by atoms with van der Waals surface area (Å²) in [6.07, 6.45) is 2.19. The number of imidazole rings is 1. The number of nitrogens with zero attached hydrogens (tertiary/aromatic N) is 4. The molecule has 3 atom stereocenters. The van der Waals surface area contributed by atoms with Crippen LogP contribution in [0.2, 0.25) is 0 Å². The summed E-state index contributed by atoms with van der Waals surface area (Å²) in [7, 11) is 0.790. The van der Waals surface area contributed by atoms with Crippen molar-refractivity contribution in [2.45, 2.75) is 31.0 Å². The van der Waals surface area contributed by atoms with Gasteiger partial charge in [-0.05, 0) is 49.4 Å². The third kappa shape index (κ3) is 6.83. The van der Waals surface area contributed by atoms with Crippen molar-refractivity contribution in [2.75, 3.05) is 44.5 Å². The molecule has 226 valence electrons. The number of carbonyl (C=O) groups is 2. The van der Waals surface area contributed by atoms with Gasteiger partial charge < -0.3 is 34.7 Å². The highest BCUT2D eigenvalue weighted by atomic mass is 32.2. The van der Waals surface area contributed by atoms with Crippen LogP contribution in [0.3, 0.4) is 0 Å². The molecule has 3 amide bonds. The van der Waals surface area contributed by atoms with Crippen molar-refractivity contribution in [3.05, 3.63) is 60.6 Å². The lowest BCUT2D eigenvalue weighted by atomic mass is 9.99. The average Bonchev–Trinajstić information content (AvgIpc) is 3.42. The van der Waals surface area contributed by atoms with Crippen LogP contribution in [0.1, 0.15) is 24.2 Å². The van der Waals surface area contributed by atoms with E-state index >= 15 is 0 Å². The first-order valence-electron chi connectivity index (χ1n) is 13.3. The maximum atomic E-state index is 13.7. The molecule has 0 bridgehead atoms. The summed E-state index contributed by atoms with van der Waals surface area (Å²) < 4.78 is 40.4. The number of sulfonamides is 1. The topological polar surface area (TPSA) is 155 Å². The largest absolute Gasteiger partial charge is 0.497 e. The van der Waals surface area contributed by atoms with Gasteiger partial charge in [-0.1, -0.05) is 6.92 Å². The fourth-order valence-electron chi connectivity index (χ4n) is 4.52. The number of ether oxygens (including phenoxy) is 2. The maximum absolute atomic E-state index is 13.7. The predicted molar refractivity (Wildman–Crippen MR) is 156 cm³/mol. The minimum Gasteiger partial charge on any atom is -0.497 e. The minimum absolute atomic E-state index is 0.0146. The van der Waals surface area contributed by atoms with Crippen molar-refractivity contribution >= 4 is 33.3 Å². The third-order valence-corrected chi connectivity index (χ3v) is 8.77. The number of amides is 3. The van der Waals surface area contributed by atoms with Crippen molar-refractivity contribution in [2.24, 2.45) is 13.0 Å². The van der Waals surface area contributed by atoms with E-state index < -0.39 is 28.2 Å². The molecule has 1 aromatic heterocycles. The molecule has 2 heterocycles. The number of aliphatic hydroxyl groups excluding tert-OH is 1. The molecule has 0 aliphatic carbocycles. The van der Waals surface area contributed by atoms with Crippen LogP contribution in [0.5, 0.6) is 11.5 Å². The molecule has 0 saturated carbocycles. The first kappa shape index (κ1) is 30.8. The molecule has 3 aromatic rings. The van der Waals surface area contributed by atoms with E-state index in [1.807, 2.05) is 6.92 Å². The summed E-state index contributed by atoms with van der Waals surface area (Å²) in [5.41, 5.74) is 1.06. The van der Waals surface area contributed by atoms with Gasteiger partial charge in [0.15, 0.2) is 5.03 Å². The number of carbonyl (C=O) groups excluding carboxylic acids is 2. The Morgan fingerprint density at radius 2 is 1.88 bits per heavy atom. The van der Waals surface area contributed by atoms with Crippen LogP contribution in [-0.4, -0.2) is 90.2 Å². The van der Waals surface area contributed by atoms with E-state index in [0.717, 1.165) is 0 Å². The number of nitrogens with one attached hydrogen (secondary N) is 2. The maximum Gasteiger partial charge on any atom is 0.323 e. The Morgan fingerprint density at radius 3 is 2.50 bits per heavy atom. The lowest BCUT2D eigenvalue weighted by molar-refractivity contribution is 0.0387. The first-order chi connectivity index (χ1) is 19.9. The molecule has 13 nitrogen and oxygen atoms in total. The monoisotopic (exact) mass is 600 g/mol. The number of rotatable bonds is 9. The highest BCUT2D eigenvalue weighted by molar-refractivity contribution is 7.89. The van der Waals surface area contributed by atoms with Gasteiger partial charge in [0.2, 0.25) is 0 Å². The molecule has 0 saturated heterocycles. The molecule has 1 aliphatic heterocycles. The average molecular weight is 601 g/mol. The van der Waals surface area contributed by atoms with E-state index in [1.165, 1.54) is 34.8 Å². The highest BCUT2D eigenvalue weighted by Gasteiger charge is 2.35. The van der Waals surface area contributed by atoms with Gasteiger partial charge in [-0.15, -0.1) is 0 Å². The summed E-state index contributed by atoms with van der Waals surface area (Å²) in [4.78, 5) is 31.9. The fourth-order valence-corrected chi connectivity index (χ4v) is 5.66. The van der Waals surface area contributed by atoms with Crippen LogP contribution in [0, 0.1) is 5.92 Å². The van der Waals surface area contributed by atoms with E-state index in [9.17, 15) is 23.1 Å². The Hall–Kier alpha value is -4.14. The van der Waals surface area contributed by atoms with Crippen molar-refractivity contribution in [3.63, 3.8) is 0 Å². The van der Waals surface area contributed by atoms with E-state index in [4.69, 9.17) is 9.47 Å². The molecule has 3 N–H and O–H groups in total. The zero-order valence-electron chi connectivity index (χ0n) is 24.1. The van der Waals surface area contributed by atoms with Crippen molar-refractivity contribution < 1.29 is 32.6 Å². The standard InChI is InChI=1S/C28H36N6O7S/c1-18-13-34(19(2)16-35)27(36)23-12-21(31-28(37)30-20-6-9-22(40-5)10-7-20)8-11-24(23)41-25(18)14-33(4)42(38,39)26-15-32(3)17-29-26/h6-12,15,17-19,25,35H,13-14,16H2,1-5H3,(H2,30,31,37)/t18-,19-,25+/m1/s1. The van der Waals surface area contributed by atoms with Crippen LogP contribution < -0.4 is 20.1 Å². The van der Waals surface area contributed by atoms with Crippen LogP contribution in [0.4, 0.5) is 16.2 Å². The Balaban J connectivity index is 1.59. The second kappa shape index (κ2) is 12.8. The van der Waals surface area contributed by atoms with Crippen molar-refractivity contribution in [1.29, 1.82) is 0 Å². The number of urea groups is 1. The van der Waals surface area contributed by atoms with Gasteiger partial charge in [-0.3, -0.25) is 4.79 Å². The molecule has 14 heteroatoms. The van der Waals surface area contributed by atoms with Gasteiger partial charge >= 0.3 is 6.03 Å². The zero-order valence-corrected chi connectivity index (χ0v) is 25.0. The van der Waals surface area contributed by atoms with Crippen LogP contribution in [-0.2, 0) is 17.1 Å². The number of aromatic nitrogens is 2. The molecule has 1 aliphatic rings. The summed E-state index contributed by atoms with van der Waals surface area (Å²) in [6.45, 7) is 3.51. The number of benzene rings is 2. The smallest absolute Gasteiger partial charge is 0.323 e. The minimum atomic E-state index is -3.90. The van der Waals surface area contributed by atoms with Gasteiger partial charge in [-0.2, -0.15) is 4.31 Å². The lowest BCUT2D eigenvalue weighted by Crippen LogP contribution is -2.50. The number of aliphatic hydroxyl groups is 1. The van der Waals surface area contributed by atoms with Crippen LogP contribution in [0.25, 0.3) is 0 Å². The van der Waals surface area contributed by atoms with Crippen LogP contribution in [0.15, 0.2) is 60.0 Å². The van der Waals surface area contributed by atoms with E-state index in [1.54, 1.807) is 62.0 Å². The normalized spacial score (nSPS) is 18.0. The Labute approximate surface area is 245 Å². The molecule has 4 rings (SSSR count). The predicted octanol–water partition coefficient (Wildman–Crippen LogP) is 2.61. The molecular formula is C28H36N6O7S. The molecule has 42 heavy (non-hydrogen) atoms. The van der Waals surface area contributed by atoms with Gasteiger partial charge in [-0.25, -0.2) is 18.2 Å². The number of likely N-dealkylation sites (N-methyl/N-ethyl adjacent to an activating group) is 1. The van der Waals surface area contributed by atoms with Crippen molar-refractivity contribution in [1.82, 2.24) is 18.8 Å². The van der Waals surface area contributed by atoms with Gasteiger partial charge in [0.25, 0.3) is 15.9 Å². The summed E-state index contributed by atoms with van der Waals surface area (Å²) >= 11 is 0. The zero-order chi connectivity index (χ0) is 30.6. The van der Waals surface area contributed by atoms with E-state index in [2.05, 4.69) is 15.6 Å². The number of methoxy groups -OCH3 is 1. The van der Waals surface area contributed by atoms with E-state index in [-0.39, 0.29) is 47.9 Å². The number of hydrogen-bond donors (Lipinski definition) is 3. The van der Waals surface area contributed by atoms with Gasteiger partial charge in [0.1, 0.15) is 17.6 Å². The molecule has 0 radical (unpaired) electrons. The second-order valence-electron chi connectivity index (χ2n) is 10.3. The number of hydrogen-bond acceptors (Lipinski definition) is 8. The molecule has 0 spiro atoms. The Morgan fingerprint density at radius 1 is 1.21 bits per heavy atom. The lowest BCUT2D eigenvalue weighted by Gasteiger charge is -2.38. The summed E-state index contributed by atoms with van der Waals surface area (Å²) in [5.74, 6) is 0.198.